The summed E-state index contributed by atoms with van der Waals surface area (Å²) in [4.78, 5) is 0.190. The van der Waals surface area contributed by atoms with E-state index in [2.05, 4.69) is 20.7 Å². The Morgan fingerprint density at radius 1 is 1.15 bits per heavy atom. The Balaban J connectivity index is 2.35. The third-order valence-electron chi connectivity index (χ3n) is 2.81. The number of hydrogen-bond acceptors (Lipinski definition) is 3. The van der Waals surface area contributed by atoms with Gasteiger partial charge >= 0.3 is 0 Å². The van der Waals surface area contributed by atoms with Crippen LogP contribution in [0.5, 0.6) is 0 Å². The lowest BCUT2D eigenvalue weighted by molar-refractivity contribution is 0.282. The van der Waals surface area contributed by atoms with Gasteiger partial charge in [0, 0.05) is 10.0 Å². The molecule has 0 aromatic heterocycles. The molecule has 2 aromatic rings. The molecule has 0 fully saturated rings. The number of benzene rings is 2. The van der Waals surface area contributed by atoms with Crippen molar-refractivity contribution in [3.63, 3.8) is 0 Å². The van der Waals surface area contributed by atoms with Gasteiger partial charge in [0.25, 0.3) is 10.0 Å². The molecule has 0 unspecified atom stereocenters. The second-order valence-electron chi connectivity index (χ2n) is 4.38. The van der Waals surface area contributed by atoms with Gasteiger partial charge in [0.1, 0.15) is 0 Å². The Hall–Kier alpha value is -1.37. The van der Waals surface area contributed by atoms with Crippen molar-refractivity contribution in [3.8, 4) is 0 Å². The highest BCUT2D eigenvalue weighted by atomic mass is 79.9. The second-order valence-corrected chi connectivity index (χ2v) is 6.98. The zero-order valence-electron chi connectivity index (χ0n) is 10.8. The van der Waals surface area contributed by atoms with E-state index in [1.54, 1.807) is 42.5 Å². The molecular formula is C14H14BrNO3S. The predicted molar refractivity (Wildman–Crippen MR) is 82.1 cm³/mol. The van der Waals surface area contributed by atoms with Gasteiger partial charge < -0.3 is 5.11 Å². The van der Waals surface area contributed by atoms with Gasteiger partial charge in [0.15, 0.2) is 0 Å². The topological polar surface area (TPSA) is 66.4 Å². The van der Waals surface area contributed by atoms with Crippen LogP contribution in [-0.4, -0.2) is 13.5 Å². The van der Waals surface area contributed by atoms with E-state index in [-0.39, 0.29) is 11.5 Å². The van der Waals surface area contributed by atoms with E-state index >= 15 is 0 Å². The first-order chi connectivity index (χ1) is 9.42. The zero-order chi connectivity index (χ0) is 14.8. The molecule has 4 nitrogen and oxygen atoms in total. The number of sulfonamides is 1. The first-order valence-corrected chi connectivity index (χ1v) is 8.19. The fourth-order valence-electron chi connectivity index (χ4n) is 1.71. The number of aliphatic hydroxyl groups is 1. The van der Waals surface area contributed by atoms with E-state index in [1.807, 2.05) is 6.92 Å². The average molecular weight is 356 g/mol. The lowest BCUT2D eigenvalue weighted by Gasteiger charge is -2.12. The molecule has 0 heterocycles. The quantitative estimate of drug-likeness (QED) is 0.885. The maximum absolute atomic E-state index is 12.3. The average Bonchev–Trinajstić information content (AvgIpc) is 2.41. The Labute approximate surface area is 126 Å². The van der Waals surface area contributed by atoms with Crippen molar-refractivity contribution >= 4 is 31.6 Å². The SMILES string of the molecule is Cc1ccc(S(=O)(=O)Nc2ccc(Br)cc2CO)cc1. The number of aliphatic hydroxyl groups excluding tert-OH is 1. The van der Waals surface area contributed by atoms with Crippen LogP contribution >= 0.6 is 15.9 Å². The van der Waals surface area contributed by atoms with Crippen molar-refractivity contribution in [3.05, 3.63) is 58.1 Å². The van der Waals surface area contributed by atoms with Gasteiger partial charge in [-0.2, -0.15) is 0 Å². The van der Waals surface area contributed by atoms with Gasteiger partial charge in [0.05, 0.1) is 17.2 Å². The fourth-order valence-corrected chi connectivity index (χ4v) is 3.22. The number of nitrogens with one attached hydrogen (secondary N) is 1. The molecule has 0 aliphatic carbocycles. The van der Waals surface area contributed by atoms with E-state index in [0.717, 1.165) is 10.0 Å². The fraction of sp³-hybridized carbons (Fsp3) is 0.143. The van der Waals surface area contributed by atoms with E-state index in [9.17, 15) is 13.5 Å². The van der Waals surface area contributed by atoms with Crippen molar-refractivity contribution in [2.24, 2.45) is 0 Å². The summed E-state index contributed by atoms with van der Waals surface area (Å²) < 4.78 is 27.8. The van der Waals surface area contributed by atoms with Crippen LogP contribution in [0, 0.1) is 6.92 Å². The van der Waals surface area contributed by atoms with Gasteiger partial charge in [-0.15, -0.1) is 0 Å². The summed E-state index contributed by atoms with van der Waals surface area (Å²) in [7, 11) is -3.65. The van der Waals surface area contributed by atoms with Crippen LogP contribution in [-0.2, 0) is 16.6 Å². The molecular weight excluding hydrogens is 342 g/mol. The number of anilines is 1. The van der Waals surface area contributed by atoms with Gasteiger partial charge in [0.2, 0.25) is 0 Å². The first kappa shape index (κ1) is 15.0. The number of halogens is 1. The summed E-state index contributed by atoms with van der Waals surface area (Å²) in [5.41, 5.74) is 1.87. The molecule has 0 radical (unpaired) electrons. The normalized spacial score (nSPS) is 11.3. The molecule has 0 bridgehead atoms. The molecule has 2 N–H and O–H groups in total. The van der Waals surface area contributed by atoms with Crippen LogP contribution in [0.15, 0.2) is 51.8 Å². The molecule has 6 heteroatoms. The minimum absolute atomic E-state index is 0.190. The van der Waals surface area contributed by atoms with Crippen molar-refractivity contribution < 1.29 is 13.5 Å². The molecule has 0 saturated heterocycles. The largest absolute Gasteiger partial charge is 0.392 e. The monoisotopic (exact) mass is 355 g/mol. The smallest absolute Gasteiger partial charge is 0.261 e. The molecule has 0 aliphatic rings. The highest BCUT2D eigenvalue weighted by Gasteiger charge is 2.15. The summed E-state index contributed by atoms with van der Waals surface area (Å²) >= 11 is 3.28. The van der Waals surface area contributed by atoms with Crippen molar-refractivity contribution in [2.45, 2.75) is 18.4 Å². The minimum atomic E-state index is -3.65. The van der Waals surface area contributed by atoms with Crippen LogP contribution in [0.4, 0.5) is 5.69 Å². The maximum Gasteiger partial charge on any atom is 0.261 e. The van der Waals surface area contributed by atoms with Crippen LogP contribution in [0.2, 0.25) is 0 Å². The zero-order valence-corrected chi connectivity index (χ0v) is 13.2. The lowest BCUT2D eigenvalue weighted by Crippen LogP contribution is -2.14. The maximum atomic E-state index is 12.3. The molecule has 2 rings (SSSR count). The van der Waals surface area contributed by atoms with Crippen LogP contribution < -0.4 is 4.72 Å². The van der Waals surface area contributed by atoms with E-state index in [1.165, 1.54) is 0 Å². The number of aryl methyl sites for hydroxylation is 1. The molecule has 20 heavy (non-hydrogen) atoms. The summed E-state index contributed by atoms with van der Waals surface area (Å²) in [5.74, 6) is 0. The molecule has 0 spiro atoms. The third-order valence-corrected chi connectivity index (χ3v) is 4.69. The molecule has 2 aromatic carbocycles. The Kier molecular flexibility index (Phi) is 4.47. The number of rotatable bonds is 4. The summed E-state index contributed by atoms with van der Waals surface area (Å²) in [6.45, 7) is 1.65. The van der Waals surface area contributed by atoms with E-state index in [0.29, 0.717) is 11.3 Å². The van der Waals surface area contributed by atoms with Crippen molar-refractivity contribution in [1.29, 1.82) is 0 Å². The van der Waals surface area contributed by atoms with Gasteiger partial charge in [-0.3, -0.25) is 4.72 Å². The summed E-state index contributed by atoms with van der Waals surface area (Å²) in [5, 5.41) is 9.29. The molecule has 0 aliphatic heterocycles. The highest BCUT2D eigenvalue weighted by molar-refractivity contribution is 9.10. The molecule has 0 atom stereocenters. The third kappa shape index (κ3) is 3.39. The van der Waals surface area contributed by atoms with Gasteiger partial charge in [-0.1, -0.05) is 33.6 Å². The molecule has 0 amide bonds. The number of hydrogen-bond donors (Lipinski definition) is 2. The standard InChI is InChI=1S/C14H14BrNO3S/c1-10-2-5-13(6-3-10)20(18,19)16-14-7-4-12(15)8-11(14)9-17/h2-8,16-17H,9H2,1H3. The van der Waals surface area contributed by atoms with Crippen LogP contribution in [0.1, 0.15) is 11.1 Å². The Bertz CT molecular complexity index is 712. The van der Waals surface area contributed by atoms with E-state index in [4.69, 9.17) is 0 Å². The van der Waals surface area contributed by atoms with Crippen molar-refractivity contribution in [2.75, 3.05) is 4.72 Å². The Morgan fingerprint density at radius 2 is 1.80 bits per heavy atom. The first-order valence-electron chi connectivity index (χ1n) is 5.91. The molecule has 0 saturated carbocycles. The van der Waals surface area contributed by atoms with Crippen molar-refractivity contribution in [1.82, 2.24) is 0 Å². The summed E-state index contributed by atoms with van der Waals surface area (Å²) in [6.07, 6.45) is 0. The van der Waals surface area contributed by atoms with Crippen LogP contribution in [0.25, 0.3) is 0 Å². The van der Waals surface area contributed by atoms with Crippen LogP contribution in [0.3, 0.4) is 0 Å². The predicted octanol–water partition coefficient (Wildman–Crippen LogP) is 3.05. The van der Waals surface area contributed by atoms with E-state index < -0.39 is 10.0 Å². The minimum Gasteiger partial charge on any atom is -0.392 e. The summed E-state index contributed by atoms with van der Waals surface area (Å²) in [6, 6.07) is 11.6. The highest BCUT2D eigenvalue weighted by Crippen LogP contribution is 2.24. The lowest BCUT2D eigenvalue weighted by atomic mass is 10.2. The van der Waals surface area contributed by atoms with Gasteiger partial charge in [-0.25, -0.2) is 8.42 Å². The molecule has 106 valence electrons. The Morgan fingerprint density at radius 3 is 2.40 bits per heavy atom. The second kappa shape index (κ2) is 5.95. The van der Waals surface area contributed by atoms with Gasteiger partial charge in [-0.05, 0) is 37.3 Å².